The van der Waals surface area contributed by atoms with Crippen molar-refractivity contribution in [2.45, 2.75) is 52.2 Å². The van der Waals surface area contributed by atoms with Gasteiger partial charge in [0.15, 0.2) is 23.6 Å². The Kier molecular flexibility index (Phi) is 8.27. The van der Waals surface area contributed by atoms with Crippen LogP contribution in [0.5, 0.6) is 0 Å². The summed E-state index contributed by atoms with van der Waals surface area (Å²) in [6.07, 6.45) is -1.77. The number of carbonyl (C=O) groups is 3. The molecule has 1 aromatic rings. The molecule has 10 heteroatoms. The number of hydrogen-bond donors (Lipinski definition) is 2. The number of carbonyl (C=O) groups excluding carboxylic acids is 3. The molecule has 0 fully saturated rings. The Morgan fingerprint density at radius 1 is 1.11 bits per heavy atom. The van der Waals surface area contributed by atoms with Gasteiger partial charge < -0.3 is 20.1 Å². The van der Waals surface area contributed by atoms with Crippen LogP contribution < -0.4 is 10.6 Å². The average Bonchev–Trinajstić information content (AvgIpc) is 2.57. The molecule has 0 aliphatic rings. The van der Waals surface area contributed by atoms with Crippen LogP contribution >= 0.6 is 0 Å². The Hall–Kier alpha value is -2.78. The first-order valence-electron chi connectivity index (χ1n) is 8.51. The van der Waals surface area contributed by atoms with E-state index in [2.05, 4.69) is 5.32 Å². The largest absolute Gasteiger partial charge is 0.453 e. The zero-order chi connectivity index (χ0) is 21.5. The van der Waals surface area contributed by atoms with E-state index in [1.165, 1.54) is 6.92 Å². The van der Waals surface area contributed by atoms with Crippen LogP contribution in [0.2, 0.25) is 0 Å². The van der Waals surface area contributed by atoms with Gasteiger partial charge in [0.25, 0.3) is 5.91 Å². The van der Waals surface area contributed by atoms with Crippen molar-refractivity contribution in [3.63, 3.8) is 0 Å². The number of anilines is 1. The average molecular weight is 404 g/mol. The molecule has 0 aliphatic carbocycles. The number of hydrogen-bond acceptors (Lipinski definition) is 5. The molecule has 0 aromatic heterocycles. The van der Waals surface area contributed by atoms with Crippen molar-refractivity contribution in [2.75, 3.05) is 11.9 Å². The Morgan fingerprint density at radius 2 is 1.75 bits per heavy atom. The third-order valence-corrected chi connectivity index (χ3v) is 3.20. The number of esters is 1. The van der Waals surface area contributed by atoms with Crippen LogP contribution in [-0.2, 0) is 19.1 Å². The van der Waals surface area contributed by atoms with Gasteiger partial charge in [-0.3, -0.25) is 9.59 Å². The van der Waals surface area contributed by atoms with Crippen molar-refractivity contribution in [3.05, 3.63) is 29.6 Å². The summed E-state index contributed by atoms with van der Waals surface area (Å²) >= 11 is 0. The zero-order valence-corrected chi connectivity index (χ0v) is 16.0. The minimum Gasteiger partial charge on any atom is -0.453 e. The standard InChI is InChI=1S/C18H23F3N2O5/c1-10(16(25)23-12-8-7-11(19)14(20)15(12)21)27-13(24)6-5-9-22-17(26)28-18(2,3)4/h7-8,10H,5-6,9H2,1-4H3,(H,22,26)(H,23,25)/t10-/m1/s1. The topological polar surface area (TPSA) is 93.7 Å². The predicted octanol–water partition coefficient (Wildman–Crippen LogP) is 3.28. The quantitative estimate of drug-likeness (QED) is 0.413. The SMILES string of the molecule is C[C@@H](OC(=O)CCCNC(=O)OC(C)(C)C)C(=O)Nc1ccc(F)c(F)c1F. The second kappa shape index (κ2) is 9.95. The van der Waals surface area contributed by atoms with E-state index in [-0.39, 0.29) is 19.4 Å². The minimum atomic E-state index is -1.72. The summed E-state index contributed by atoms with van der Waals surface area (Å²) in [4.78, 5) is 35.1. The van der Waals surface area contributed by atoms with E-state index in [1.54, 1.807) is 20.8 Å². The van der Waals surface area contributed by atoms with Crippen molar-refractivity contribution < 1.29 is 37.0 Å². The molecular formula is C18H23F3N2O5. The molecule has 7 nitrogen and oxygen atoms in total. The maximum atomic E-state index is 13.5. The fourth-order valence-corrected chi connectivity index (χ4v) is 1.90. The van der Waals surface area contributed by atoms with E-state index < -0.39 is 52.8 Å². The molecule has 0 aliphatic heterocycles. The normalized spacial score (nSPS) is 12.1. The van der Waals surface area contributed by atoms with E-state index in [1.807, 2.05) is 5.32 Å². The van der Waals surface area contributed by atoms with Gasteiger partial charge >= 0.3 is 12.1 Å². The number of benzene rings is 1. The summed E-state index contributed by atoms with van der Waals surface area (Å²) in [6.45, 7) is 6.53. The Morgan fingerprint density at radius 3 is 2.36 bits per heavy atom. The maximum absolute atomic E-state index is 13.5. The van der Waals surface area contributed by atoms with Crippen LogP contribution in [-0.4, -0.2) is 36.2 Å². The molecule has 1 rings (SSSR count). The molecule has 2 amide bonds. The summed E-state index contributed by atoms with van der Waals surface area (Å²) < 4.78 is 49.5. The minimum absolute atomic E-state index is 0.0903. The van der Waals surface area contributed by atoms with Gasteiger partial charge in [-0.1, -0.05) is 0 Å². The fraction of sp³-hybridized carbons (Fsp3) is 0.500. The number of nitrogens with one attached hydrogen (secondary N) is 2. The molecule has 28 heavy (non-hydrogen) atoms. The predicted molar refractivity (Wildman–Crippen MR) is 94.0 cm³/mol. The first-order valence-corrected chi connectivity index (χ1v) is 8.51. The van der Waals surface area contributed by atoms with Crippen LogP contribution in [0.4, 0.5) is 23.7 Å². The second-order valence-electron chi connectivity index (χ2n) is 6.88. The molecule has 156 valence electrons. The van der Waals surface area contributed by atoms with Crippen molar-refractivity contribution in [1.29, 1.82) is 0 Å². The Balaban J connectivity index is 2.39. The lowest BCUT2D eigenvalue weighted by atomic mass is 10.2. The highest BCUT2D eigenvalue weighted by Crippen LogP contribution is 2.20. The van der Waals surface area contributed by atoms with Crippen LogP contribution in [0.25, 0.3) is 0 Å². The summed E-state index contributed by atoms with van der Waals surface area (Å²) in [7, 11) is 0. The maximum Gasteiger partial charge on any atom is 0.407 e. The van der Waals surface area contributed by atoms with Gasteiger partial charge in [0.1, 0.15) is 5.60 Å². The smallest absolute Gasteiger partial charge is 0.407 e. The molecule has 0 radical (unpaired) electrons. The Bertz CT molecular complexity index is 735. The molecule has 0 heterocycles. The second-order valence-corrected chi connectivity index (χ2v) is 6.88. The van der Waals surface area contributed by atoms with Crippen LogP contribution in [0.15, 0.2) is 12.1 Å². The molecule has 0 unspecified atom stereocenters. The highest BCUT2D eigenvalue weighted by Gasteiger charge is 2.21. The fourth-order valence-electron chi connectivity index (χ4n) is 1.90. The summed E-state index contributed by atoms with van der Waals surface area (Å²) in [5.41, 5.74) is -1.22. The van der Waals surface area contributed by atoms with Crippen molar-refractivity contribution in [3.8, 4) is 0 Å². The molecule has 2 N–H and O–H groups in total. The van der Waals surface area contributed by atoms with Crippen LogP contribution in [0.1, 0.15) is 40.5 Å². The zero-order valence-electron chi connectivity index (χ0n) is 16.0. The molecule has 0 bridgehead atoms. The van der Waals surface area contributed by atoms with Gasteiger partial charge in [-0.2, -0.15) is 0 Å². The first-order chi connectivity index (χ1) is 12.9. The number of ether oxygens (including phenoxy) is 2. The van der Waals surface area contributed by atoms with Gasteiger partial charge in [0.2, 0.25) is 0 Å². The summed E-state index contributed by atoms with van der Waals surface area (Å²) in [5.74, 6) is -6.31. The lowest BCUT2D eigenvalue weighted by molar-refractivity contribution is -0.153. The van der Waals surface area contributed by atoms with Gasteiger partial charge in [-0.05, 0) is 46.2 Å². The Labute approximate surface area is 160 Å². The van der Waals surface area contributed by atoms with E-state index >= 15 is 0 Å². The van der Waals surface area contributed by atoms with Gasteiger partial charge in [0, 0.05) is 13.0 Å². The molecule has 0 saturated heterocycles. The molecule has 0 spiro atoms. The highest BCUT2D eigenvalue weighted by molar-refractivity contribution is 5.95. The number of alkyl carbamates (subject to hydrolysis) is 1. The first kappa shape index (κ1) is 23.3. The number of rotatable bonds is 7. The van der Waals surface area contributed by atoms with Crippen molar-refractivity contribution in [2.24, 2.45) is 0 Å². The van der Waals surface area contributed by atoms with E-state index in [9.17, 15) is 27.6 Å². The molecule has 1 atom stereocenters. The number of amides is 2. The monoisotopic (exact) mass is 404 g/mol. The molecular weight excluding hydrogens is 381 g/mol. The van der Waals surface area contributed by atoms with E-state index in [0.717, 1.165) is 6.07 Å². The number of halogens is 3. The molecule has 0 saturated carbocycles. The lowest BCUT2D eigenvalue weighted by Gasteiger charge is -2.19. The van der Waals surface area contributed by atoms with Crippen LogP contribution in [0, 0.1) is 17.5 Å². The van der Waals surface area contributed by atoms with Gasteiger partial charge in [-0.15, -0.1) is 0 Å². The van der Waals surface area contributed by atoms with E-state index in [4.69, 9.17) is 9.47 Å². The van der Waals surface area contributed by atoms with Gasteiger partial charge in [0.05, 0.1) is 5.69 Å². The summed E-state index contributed by atoms with van der Waals surface area (Å²) in [6, 6.07) is 1.50. The van der Waals surface area contributed by atoms with Gasteiger partial charge in [-0.25, -0.2) is 18.0 Å². The van der Waals surface area contributed by atoms with E-state index in [0.29, 0.717) is 6.07 Å². The van der Waals surface area contributed by atoms with Crippen molar-refractivity contribution >= 4 is 23.7 Å². The highest BCUT2D eigenvalue weighted by atomic mass is 19.2. The third kappa shape index (κ3) is 7.85. The lowest BCUT2D eigenvalue weighted by Crippen LogP contribution is -2.33. The van der Waals surface area contributed by atoms with Crippen molar-refractivity contribution in [1.82, 2.24) is 5.32 Å². The third-order valence-electron chi connectivity index (χ3n) is 3.20. The summed E-state index contributed by atoms with van der Waals surface area (Å²) in [5, 5.41) is 4.48. The van der Waals surface area contributed by atoms with Crippen LogP contribution in [0.3, 0.4) is 0 Å². The molecule has 1 aromatic carbocycles.